The van der Waals surface area contributed by atoms with Crippen LogP contribution in [0.25, 0.3) is 0 Å². The summed E-state index contributed by atoms with van der Waals surface area (Å²) in [5, 5.41) is 17.8. The van der Waals surface area contributed by atoms with Crippen LogP contribution >= 0.6 is 0 Å². The van der Waals surface area contributed by atoms with Gasteiger partial charge in [0.25, 0.3) is 0 Å². The fourth-order valence-corrected chi connectivity index (χ4v) is 2.73. The zero-order valence-corrected chi connectivity index (χ0v) is 12.7. The Morgan fingerprint density at radius 3 is 2.35 bits per heavy atom. The number of hydrogen-bond acceptors (Lipinski definition) is 5. The van der Waals surface area contributed by atoms with E-state index in [0.29, 0.717) is 17.9 Å². The highest BCUT2D eigenvalue weighted by Crippen LogP contribution is 2.28. The van der Waals surface area contributed by atoms with E-state index < -0.39 is 10.0 Å². The summed E-state index contributed by atoms with van der Waals surface area (Å²) in [6, 6.07) is 4.52. The van der Waals surface area contributed by atoms with Crippen LogP contribution in [0.4, 0.5) is 11.4 Å². The van der Waals surface area contributed by atoms with Crippen molar-refractivity contribution in [2.24, 2.45) is 10.6 Å². The maximum absolute atomic E-state index is 11.6. The molecular formula is C13H23N3O3S. The van der Waals surface area contributed by atoms with Crippen molar-refractivity contribution in [2.45, 2.75) is 31.6 Å². The molecule has 0 fully saturated rings. The van der Waals surface area contributed by atoms with Crippen LogP contribution < -0.4 is 16.2 Å². The molecule has 0 unspecified atom stereocenters. The first-order valence-electron chi connectivity index (χ1n) is 6.55. The van der Waals surface area contributed by atoms with Crippen molar-refractivity contribution < 1.29 is 13.5 Å². The molecule has 6 N–H and O–H groups in total. The summed E-state index contributed by atoms with van der Waals surface area (Å²) < 4.78 is 23.1. The quantitative estimate of drug-likeness (QED) is 0.563. The zero-order valence-electron chi connectivity index (χ0n) is 11.9. The molecule has 0 atom stereocenters. The molecule has 0 amide bonds. The van der Waals surface area contributed by atoms with Crippen LogP contribution in [0.2, 0.25) is 0 Å². The fraction of sp³-hybridized carbons (Fsp3) is 0.538. The lowest BCUT2D eigenvalue weighted by Crippen LogP contribution is -2.32. The van der Waals surface area contributed by atoms with Crippen LogP contribution in [0.3, 0.4) is 0 Å². The van der Waals surface area contributed by atoms with Gasteiger partial charge < -0.3 is 16.2 Å². The molecule has 6 nitrogen and oxygen atoms in total. The van der Waals surface area contributed by atoms with Crippen molar-refractivity contribution in [1.29, 1.82) is 0 Å². The summed E-state index contributed by atoms with van der Waals surface area (Å²) >= 11 is 0. The van der Waals surface area contributed by atoms with Gasteiger partial charge in [0.05, 0.1) is 12.3 Å². The van der Waals surface area contributed by atoms with Crippen molar-refractivity contribution >= 4 is 21.4 Å². The summed E-state index contributed by atoms with van der Waals surface area (Å²) in [6.45, 7) is 4.48. The van der Waals surface area contributed by atoms with Crippen LogP contribution in [-0.4, -0.2) is 26.7 Å². The Labute approximate surface area is 120 Å². The summed E-state index contributed by atoms with van der Waals surface area (Å²) in [5.41, 5.74) is 6.05. The van der Waals surface area contributed by atoms with Gasteiger partial charge in [0.15, 0.2) is 0 Å². The van der Waals surface area contributed by atoms with Crippen molar-refractivity contribution in [1.82, 2.24) is 0 Å². The van der Waals surface area contributed by atoms with Crippen LogP contribution in [0.1, 0.15) is 26.7 Å². The molecule has 114 valence electrons. The van der Waals surface area contributed by atoms with Crippen LogP contribution in [-0.2, 0) is 10.0 Å². The average molecular weight is 301 g/mol. The van der Waals surface area contributed by atoms with Crippen molar-refractivity contribution in [3.8, 4) is 0 Å². The first-order valence-corrected chi connectivity index (χ1v) is 8.09. The van der Waals surface area contributed by atoms with Crippen molar-refractivity contribution in [2.75, 3.05) is 24.2 Å². The Bertz CT molecular complexity index is 546. The number of sulfonamides is 1. The molecule has 0 bridgehead atoms. The van der Waals surface area contributed by atoms with E-state index in [2.05, 4.69) is 5.32 Å². The maximum atomic E-state index is 11.6. The molecule has 0 heterocycles. The lowest BCUT2D eigenvalue weighted by molar-refractivity contribution is 0.127. The lowest BCUT2D eigenvalue weighted by Gasteiger charge is -2.30. The Hall–Kier alpha value is -1.31. The predicted molar refractivity (Wildman–Crippen MR) is 80.8 cm³/mol. The number of aliphatic hydroxyl groups excluding tert-OH is 1. The molecule has 0 aliphatic rings. The van der Waals surface area contributed by atoms with Gasteiger partial charge in [-0.25, -0.2) is 13.6 Å². The predicted octanol–water partition coefficient (Wildman–Crippen LogP) is 1.13. The minimum atomic E-state index is -3.85. The molecule has 0 aromatic heterocycles. The molecule has 0 spiro atoms. The maximum Gasteiger partial charge on any atom is 0.240 e. The number of benzene rings is 1. The normalized spacial score (nSPS) is 12.4. The van der Waals surface area contributed by atoms with Gasteiger partial charge >= 0.3 is 0 Å². The molecule has 1 aromatic rings. The van der Waals surface area contributed by atoms with Gasteiger partial charge in [-0.3, -0.25) is 0 Å². The molecule has 0 aliphatic heterocycles. The number of nitrogen functional groups attached to an aromatic ring is 1. The third-order valence-electron chi connectivity index (χ3n) is 3.80. The highest BCUT2D eigenvalue weighted by atomic mass is 32.2. The zero-order chi connectivity index (χ0) is 15.4. The molecule has 7 heteroatoms. The van der Waals surface area contributed by atoms with Crippen molar-refractivity contribution in [3.05, 3.63) is 18.2 Å². The third-order valence-corrected chi connectivity index (χ3v) is 4.75. The summed E-state index contributed by atoms with van der Waals surface area (Å²) in [4.78, 5) is -0.0310. The van der Waals surface area contributed by atoms with Gasteiger partial charge in [-0.1, -0.05) is 13.8 Å². The highest BCUT2D eigenvalue weighted by Gasteiger charge is 2.26. The molecule has 20 heavy (non-hydrogen) atoms. The first-order chi connectivity index (χ1) is 9.28. The summed E-state index contributed by atoms with van der Waals surface area (Å²) in [7, 11) is -3.85. The molecule has 0 radical (unpaired) electrons. The summed E-state index contributed by atoms with van der Waals surface area (Å²) in [6.07, 6.45) is 1.57. The molecule has 1 rings (SSSR count). The fourth-order valence-electron chi connectivity index (χ4n) is 1.98. The second-order valence-corrected chi connectivity index (χ2v) is 6.55. The summed E-state index contributed by atoms with van der Waals surface area (Å²) in [5.74, 6) is 0. The second kappa shape index (κ2) is 6.43. The van der Waals surface area contributed by atoms with Gasteiger partial charge in [-0.2, -0.15) is 0 Å². The molecule has 0 saturated heterocycles. The molecular weight excluding hydrogens is 278 g/mol. The second-order valence-electron chi connectivity index (χ2n) is 5.02. The van der Waals surface area contributed by atoms with E-state index in [0.717, 1.165) is 12.8 Å². The Morgan fingerprint density at radius 2 is 1.90 bits per heavy atom. The first kappa shape index (κ1) is 16.7. The third kappa shape index (κ3) is 3.84. The number of hydrogen-bond donors (Lipinski definition) is 4. The number of primary sulfonamides is 1. The smallest absolute Gasteiger partial charge is 0.240 e. The van der Waals surface area contributed by atoms with E-state index in [9.17, 15) is 13.5 Å². The number of anilines is 2. The van der Waals surface area contributed by atoms with Gasteiger partial charge in [-0.15, -0.1) is 0 Å². The Morgan fingerprint density at radius 1 is 1.30 bits per heavy atom. The van der Waals surface area contributed by atoms with E-state index in [1.54, 1.807) is 12.1 Å². The number of rotatable bonds is 7. The van der Waals surface area contributed by atoms with E-state index in [1.807, 2.05) is 13.8 Å². The van der Waals surface area contributed by atoms with E-state index in [4.69, 9.17) is 10.9 Å². The Kier molecular flexibility index (Phi) is 5.38. The topological polar surface area (TPSA) is 118 Å². The average Bonchev–Trinajstić information content (AvgIpc) is 2.41. The standard InChI is InChI=1S/C13H23N3O3S/c1-3-13(4-2,9-17)8-16-11-6-5-10(14)7-12(11)20(15,18)19/h5-7,16-17H,3-4,8-9,14H2,1-2H3,(H2,15,18,19). The Balaban J connectivity index is 3.05. The number of aliphatic hydroxyl groups is 1. The number of nitrogens with two attached hydrogens (primary N) is 2. The van der Waals surface area contributed by atoms with Crippen LogP contribution in [0, 0.1) is 5.41 Å². The van der Waals surface area contributed by atoms with Crippen LogP contribution in [0.5, 0.6) is 0 Å². The SMILES string of the molecule is CCC(CC)(CO)CNc1ccc(N)cc1S(N)(=O)=O. The minimum Gasteiger partial charge on any atom is -0.399 e. The molecule has 1 aromatic carbocycles. The lowest BCUT2D eigenvalue weighted by atomic mass is 9.83. The monoisotopic (exact) mass is 301 g/mol. The minimum absolute atomic E-state index is 0.0310. The largest absolute Gasteiger partial charge is 0.399 e. The molecule has 0 aliphatic carbocycles. The van der Waals surface area contributed by atoms with Gasteiger partial charge in [0.2, 0.25) is 10.0 Å². The van der Waals surface area contributed by atoms with E-state index >= 15 is 0 Å². The van der Waals surface area contributed by atoms with Crippen LogP contribution in [0.15, 0.2) is 23.1 Å². The van der Waals surface area contributed by atoms with Crippen molar-refractivity contribution in [3.63, 3.8) is 0 Å². The number of nitrogens with one attached hydrogen (secondary N) is 1. The van der Waals surface area contributed by atoms with Gasteiger partial charge in [0.1, 0.15) is 4.90 Å². The van der Waals surface area contributed by atoms with E-state index in [1.165, 1.54) is 6.07 Å². The van der Waals surface area contributed by atoms with Gasteiger partial charge in [0, 0.05) is 17.6 Å². The highest BCUT2D eigenvalue weighted by molar-refractivity contribution is 7.89. The molecule has 0 saturated carbocycles. The van der Waals surface area contributed by atoms with E-state index in [-0.39, 0.29) is 16.9 Å². The van der Waals surface area contributed by atoms with Gasteiger partial charge in [-0.05, 0) is 31.0 Å².